The number of aliphatic carboxylic acids is 1. The molecule has 0 saturated heterocycles. The van der Waals surface area contributed by atoms with Crippen LogP contribution in [0, 0.1) is 10.1 Å². The van der Waals surface area contributed by atoms with Crippen molar-refractivity contribution in [2.75, 3.05) is 6.54 Å². The number of unbranched alkanes of at least 4 members (excludes halogenated alkanes) is 1. The summed E-state index contributed by atoms with van der Waals surface area (Å²) in [5.74, 6) is -1.15. The predicted octanol–water partition coefficient (Wildman–Crippen LogP) is 1.87. The molecule has 0 aliphatic carbocycles. The molecule has 22 heavy (non-hydrogen) atoms. The summed E-state index contributed by atoms with van der Waals surface area (Å²) in [6, 6.07) is 7.74. The average molecular weight is 309 g/mol. The van der Waals surface area contributed by atoms with Crippen molar-refractivity contribution in [3.63, 3.8) is 0 Å². The van der Waals surface area contributed by atoms with Crippen LogP contribution in [-0.4, -0.2) is 28.6 Å². The summed E-state index contributed by atoms with van der Waals surface area (Å²) >= 11 is 0. The van der Waals surface area contributed by atoms with Crippen molar-refractivity contribution >= 4 is 22.8 Å². The number of fused-ring (bicyclic) bond motifs is 1. The standard InChI is InChI=1S/C8H5NO3.C6H14N2O2/c10-9(11)8-5-6-3-1-2-4-7(6)12-8;7-4-2-1-3-5(8)6(9)10/h1-5H;5H,1-4,7-8H2,(H,9,10). The van der Waals surface area contributed by atoms with Gasteiger partial charge in [0.05, 0.1) is 6.07 Å². The van der Waals surface area contributed by atoms with E-state index < -0.39 is 16.9 Å². The third-order valence-electron chi connectivity index (χ3n) is 2.88. The van der Waals surface area contributed by atoms with E-state index in [0.29, 0.717) is 18.5 Å². The molecule has 8 nitrogen and oxygen atoms in total. The number of nitrogens with two attached hydrogens (primary N) is 2. The van der Waals surface area contributed by atoms with E-state index in [0.717, 1.165) is 18.2 Å². The van der Waals surface area contributed by atoms with E-state index in [9.17, 15) is 14.9 Å². The second kappa shape index (κ2) is 8.75. The maximum atomic E-state index is 10.3. The number of furan rings is 1. The van der Waals surface area contributed by atoms with Crippen LogP contribution in [0.5, 0.6) is 0 Å². The molecule has 0 fully saturated rings. The lowest BCUT2D eigenvalue weighted by Crippen LogP contribution is -2.29. The Morgan fingerprint density at radius 1 is 1.36 bits per heavy atom. The van der Waals surface area contributed by atoms with E-state index in [-0.39, 0.29) is 5.88 Å². The number of carboxylic acid groups (broad SMARTS) is 1. The molecule has 0 aliphatic heterocycles. The molecule has 1 aromatic carbocycles. The van der Waals surface area contributed by atoms with Crippen LogP contribution in [0.4, 0.5) is 5.88 Å². The Balaban J connectivity index is 0.000000225. The van der Waals surface area contributed by atoms with Gasteiger partial charge in [0, 0.05) is 5.39 Å². The number of hydrogen-bond donors (Lipinski definition) is 3. The van der Waals surface area contributed by atoms with Crippen LogP contribution in [0.2, 0.25) is 0 Å². The van der Waals surface area contributed by atoms with Crippen LogP contribution < -0.4 is 11.5 Å². The van der Waals surface area contributed by atoms with Gasteiger partial charge in [0.25, 0.3) is 0 Å². The molecule has 5 N–H and O–H groups in total. The lowest BCUT2D eigenvalue weighted by atomic mass is 10.1. The monoisotopic (exact) mass is 309 g/mol. The molecule has 2 rings (SSSR count). The van der Waals surface area contributed by atoms with Crippen molar-refractivity contribution in [3.05, 3.63) is 40.4 Å². The van der Waals surface area contributed by atoms with Crippen LogP contribution in [0.1, 0.15) is 19.3 Å². The highest BCUT2D eigenvalue weighted by molar-refractivity contribution is 5.79. The minimum atomic E-state index is -0.933. The Hall–Kier alpha value is -2.45. The lowest BCUT2D eigenvalue weighted by Gasteiger charge is -2.03. The van der Waals surface area contributed by atoms with Gasteiger partial charge in [-0.2, -0.15) is 0 Å². The number of benzene rings is 1. The molecule has 1 heterocycles. The second-order valence-electron chi connectivity index (χ2n) is 4.61. The summed E-state index contributed by atoms with van der Waals surface area (Å²) < 4.78 is 4.93. The molecule has 1 atom stereocenters. The molecule has 0 spiro atoms. The highest BCUT2D eigenvalue weighted by Gasteiger charge is 2.11. The molecular weight excluding hydrogens is 290 g/mol. The zero-order chi connectivity index (χ0) is 16.5. The molecule has 2 aromatic rings. The van der Waals surface area contributed by atoms with Crippen LogP contribution in [-0.2, 0) is 4.79 Å². The largest absolute Gasteiger partial charge is 0.480 e. The SMILES string of the molecule is NCCCCC(N)C(=O)O.O=[N+]([O-])c1cc2ccccc2o1. The Bertz CT molecular complexity index is 593. The lowest BCUT2D eigenvalue weighted by molar-refractivity contribution is -0.401. The van der Waals surface area contributed by atoms with Gasteiger partial charge in [-0.05, 0) is 25.5 Å². The van der Waals surface area contributed by atoms with Gasteiger partial charge in [-0.15, -0.1) is 0 Å². The Morgan fingerprint density at radius 3 is 2.59 bits per heavy atom. The number of carbonyl (C=O) groups is 1. The first-order valence-corrected chi connectivity index (χ1v) is 6.77. The fourth-order valence-electron chi connectivity index (χ4n) is 1.69. The highest BCUT2D eigenvalue weighted by atomic mass is 16.6. The summed E-state index contributed by atoms with van der Waals surface area (Å²) in [4.78, 5) is 19.9. The zero-order valence-electron chi connectivity index (χ0n) is 12.0. The van der Waals surface area contributed by atoms with Gasteiger partial charge in [0.15, 0.2) is 0 Å². The second-order valence-corrected chi connectivity index (χ2v) is 4.61. The molecular formula is C14H19N3O5. The summed E-state index contributed by atoms with van der Waals surface area (Å²) in [7, 11) is 0. The topological polar surface area (TPSA) is 146 Å². The van der Waals surface area contributed by atoms with Gasteiger partial charge < -0.3 is 21.0 Å². The van der Waals surface area contributed by atoms with E-state index in [1.807, 2.05) is 6.07 Å². The van der Waals surface area contributed by atoms with Crippen molar-refractivity contribution in [2.45, 2.75) is 25.3 Å². The first kappa shape index (κ1) is 17.6. The molecule has 1 aromatic heterocycles. The molecule has 0 amide bonds. The summed E-state index contributed by atoms with van der Waals surface area (Å²) in [5.41, 5.74) is 11.0. The van der Waals surface area contributed by atoms with Crippen molar-refractivity contribution in [3.8, 4) is 0 Å². The summed E-state index contributed by atoms with van der Waals surface area (Å²) in [6.07, 6.45) is 2.16. The van der Waals surface area contributed by atoms with Crippen LogP contribution >= 0.6 is 0 Å². The third-order valence-corrected chi connectivity index (χ3v) is 2.88. The molecule has 8 heteroatoms. The quantitative estimate of drug-likeness (QED) is 0.419. The first-order valence-electron chi connectivity index (χ1n) is 6.77. The van der Waals surface area contributed by atoms with Crippen molar-refractivity contribution in [2.24, 2.45) is 11.5 Å². The fraction of sp³-hybridized carbons (Fsp3) is 0.357. The Kier molecular flexibility index (Phi) is 7.00. The number of carboxylic acids is 1. The van der Waals surface area contributed by atoms with Crippen molar-refractivity contribution in [1.82, 2.24) is 0 Å². The minimum Gasteiger partial charge on any atom is -0.480 e. The number of rotatable bonds is 6. The Morgan fingerprint density at radius 2 is 2.05 bits per heavy atom. The maximum absolute atomic E-state index is 10.3. The minimum absolute atomic E-state index is 0.212. The zero-order valence-corrected chi connectivity index (χ0v) is 12.0. The van der Waals surface area contributed by atoms with Gasteiger partial charge in [0.1, 0.15) is 16.5 Å². The van der Waals surface area contributed by atoms with E-state index in [1.54, 1.807) is 18.2 Å². The summed E-state index contributed by atoms with van der Waals surface area (Å²) in [5, 5.41) is 19.4. The smallest absolute Gasteiger partial charge is 0.434 e. The van der Waals surface area contributed by atoms with E-state index in [1.165, 1.54) is 6.07 Å². The normalized spacial score (nSPS) is 11.5. The predicted molar refractivity (Wildman–Crippen MR) is 81.4 cm³/mol. The number of hydrogen-bond acceptors (Lipinski definition) is 6. The first-order chi connectivity index (χ1) is 10.5. The average Bonchev–Trinajstić information content (AvgIpc) is 2.92. The third kappa shape index (κ3) is 5.51. The van der Waals surface area contributed by atoms with Crippen molar-refractivity contribution in [1.29, 1.82) is 0 Å². The van der Waals surface area contributed by atoms with Gasteiger partial charge in [-0.25, -0.2) is 0 Å². The highest BCUT2D eigenvalue weighted by Crippen LogP contribution is 2.23. The fourth-order valence-corrected chi connectivity index (χ4v) is 1.69. The van der Waals surface area contributed by atoms with Crippen molar-refractivity contribution < 1.29 is 19.2 Å². The number of para-hydroxylation sites is 1. The van der Waals surface area contributed by atoms with E-state index in [4.69, 9.17) is 21.0 Å². The molecule has 0 saturated carbocycles. The van der Waals surface area contributed by atoms with E-state index in [2.05, 4.69) is 0 Å². The number of nitrogens with zero attached hydrogens (tertiary/aromatic N) is 1. The summed E-state index contributed by atoms with van der Waals surface area (Å²) in [6.45, 7) is 0.604. The number of nitro groups is 1. The molecule has 0 bridgehead atoms. The van der Waals surface area contributed by atoms with Gasteiger partial charge in [-0.3, -0.25) is 14.9 Å². The molecule has 1 unspecified atom stereocenters. The van der Waals surface area contributed by atoms with Crippen LogP contribution in [0.3, 0.4) is 0 Å². The van der Waals surface area contributed by atoms with Gasteiger partial charge in [0.2, 0.25) is 0 Å². The van der Waals surface area contributed by atoms with Crippen LogP contribution in [0.25, 0.3) is 11.0 Å². The molecule has 0 aliphatic rings. The van der Waals surface area contributed by atoms with Gasteiger partial charge in [-0.1, -0.05) is 24.6 Å². The Labute approximate surface area is 126 Å². The van der Waals surface area contributed by atoms with E-state index >= 15 is 0 Å². The van der Waals surface area contributed by atoms with Gasteiger partial charge >= 0.3 is 11.9 Å². The molecule has 0 radical (unpaired) electrons. The van der Waals surface area contributed by atoms with Crippen LogP contribution in [0.15, 0.2) is 34.7 Å². The molecule has 120 valence electrons. The maximum Gasteiger partial charge on any atom is 0.434 e.